The summed E-state index contributed by atoms with van der Waals surface area (Å²) in [5.74, 6) is -1.53. The lowest BCUT2D eigenvalue weighted by molar-refractivity contribution is -0.137. The Morgan fingerprint density at radius 1 is 1.27 bits per heavy atom. The maximum atomic E-state index is 10.4. The smallest absolute Gasteiger partial charge is 0.303 e. The molecule has 0 aromatic heterocycles. The van der Waals surface area contributed by atoms with Crippen molar-refractivity contribution in [1.29, 1.82) is 0 Å². The number of carbonyl (C=O) groups is 1. The van der Waals surface area contributed by atoms with Crippen LogP contribution in [0.15, 0.2) is 24.3 Å². The molecule has 1 aliphatic rings. The first-order valence-corrected chi connectivity index (χ1v) is 7.73. The molecule has 1 fully saturated rings. The van der Waals surface area contributed by atoms with Gasteiger partial charge in [0.25, 0.3) is 0 Å². The summed E-state index contributed by atoms with van der Waals surface area (Å²) in [5, 5.41) is 37.5. The maximum Gasteiger partial charge on any atom is 0.303 e. The summed E-state index contributed by atoms with van der Waals surface area (Å²) in [5.41, 5.74) is 0. The third-order valence-electron chi connectivity index (χ3n) is 4.04. The van der Waals surface area contributed by atoms with Crippen LogP contribution in [-0.2, 0) is 4.79 Å². The van der Waals surface area contributed by atoms with Gasteiger partial charge in [0.15, 0.2) is 0 Å². The van der Waals surface area contributed by atoms with E-state index < -0.39 is 24.0 Å². The predicted molar refractivity (Wildman–Crippen MR) is 84.6 cm³/mol. The molecular formula is C16H25BO5. The van der Waals surface area contributed by atoms with Crippen LogP contribution in [0, 0.1) is 11.8 Å². The van der Waals surface area contributed by atoms with Gasteiger partial charge in [0.1, 0.15) is 0 Å². The third-order valence-corrected chi connectivity index (χ3v) is 4.04. The number of aliphatic hydroxyl groups excluding tert-OH is 3. The normalized spacial score (nSPS) is 30.3. The fourth-order valence-electron chi connectivity index (χ4n) is 2.78. The molecule has 6 heteroatoms. The van der Waals surface area contributed by atoms with Crippen molar-refractivity contribution in [1.82, 2.24) is 0 Å². The van der Waals surface area contributed by atoms with E-state index in [1.807, 2.05) is 12.2 Å². The Kier molecular flexibility index (Phi) is 8.46. The van der Waals surface area contributed by atoms with Crippen LogP contribution in [0.3, 0.4) is 0 Å². The number of allylic oxidation sites excluding steroid dienone is 2. The number of aliphatic hydroxyl groups is 3. The summed E-state index contributed by atoms with van der Waals surface area (Å²) in [6.45, 7) is -0.157. The highest BCUT2D eigenvalue weighted by Gasteiger charge is 2.39. The van der Waals surface area contributed by atoms with Crippen molar-refractivity contribution < 1.29 is 25.2 Å². The van der Waals surface area contributed by atoms with E-state index in [1.165, 1.54) is 0 Å². The molecule has 5 atom stereocenters. The average molecular weight is 308 g/mol. The van der Waals surface area contributed by atoms with Crippen molar-refractivity contribution in [2.75, 3.05) is 6.61 Å². The van der Waals surface area contributed by atoms with E-state index in [9.17, 15) is 15.0 Å². The number of hydrogen-bond donors (Lipinski definition) is 4. The molecule has 1 unspecified atom stereocenters. The van der Waals surface area contributed by atoms with Gasteiger partial charge in [-0.2, -0.15) is 0 Å². The Morgan fingerprint density at radius 2 is 2.00 bits per heavy atom. The average Bonchev–Trinajstić information content (AvgIpc) is 2.73. The molecule has 0 aliphatic heterocycles. The minimum Gasteiger partial charge on any atom is -0.481 e. The lowest BCUT2D eigenvalue weighted by atomic mass is 9.84. The second-order valence-corrected chi connectivity index (χ2v) is 5.84. The Labute approximate surface area is 132 Å². The van der Waals surface area contributed by atoms with E-state index in [0.717, 1.165) is 0 Å². The van der Waals surface area contributed by atoms with E-state index in [0.29, 0.717) is 25.7 Å². The summed E-state index contributed by atoms with van der Waals surface area (Å²) in [6, 6.07) is 0. The van der Waals surface area contributed by atoms with Crippen LogP contribution < -0.4 is 0 Å². The van der Waals surface area contributed by atoms with Crippen molar-refractivity contribution in [3.63, 3.8) is 0 Å². The molecule has 0 bridgehead atoms. The Bertz CT molecular complexity index is 396. The van der Waals surface area contributed by atoms with Crippen molar-refractivity contribution in [3.8, 4) is 0 Å². The summed E-state index contributed by atoms with van der Waals surface area (Å²) in [6.07, 6.45) is 8.50. The minimum absolute atomic E-state index is 0.0899. The SMILES string of the molecule is [B]C(/C=C/[C@@H]1[C@@H](C/C=C\CCCC(=O)O)[C@@H](O)C[C@H]1O)CO. The van der Waals surface area contributed by atoms with Crippen LogP contribution in [0.25, 0.3) is 0 Å². The Morgan fingerprint density at radius 3 is 2.64 bits per heavy atom. The molecule has 0 aromatic rings. The zero-order valence-corrected chi connectivity index (χ0v) is 12.7. The lowest BCUT2D eigenvalue weighted by Crippen LogP contribution is -2.20. The Hall–Kier alpha value is -1.11. The maximum absolute atomic E-state index is 10.4. The highest BCUT2D eigenvalue weighted by molar-refractivity contribution is 6.13. The van der Waals surface area contributed by atoms with Crippen LogP contribution in [0.1, 0.15) is 32.1 Å². The van der Waals surface area contributed by atoms with Crippen LogP contribution in [-0.4, -0.2) is 53.1 Å². The van der Waals surface area contributed by atoms with E-state index in [-0.39, 0.29) is 24.9 Å². The van der Waals surface area contributed by atoms with Gasteiger partial charge in [-0.15, -0.1) is 0 Å². The van der Waals surface area contributed by atoms with Crippen molar-refractivity contribution in [2.24, 2.45) is 11.8 Å². The van der Waals surface area contributed by atoms with Crippen molar-refractivity contribution in [3.05, 3.63) is 24.3 Å². The second kappa shape index (κ2) is 9.82. The van der Waals surface area contributed by atoms with Gasteiger partial charge in [-0.05, 0) is 31.0 Å². The van der Waals surface area contributed by atoms with Gasteiger partial charge >= 0.3 is 5.97 Å². The van der Waals surface area contributed by atoms with Gasteiger partial charge < -0.3 is 20.4 Å². The van der Waals surface area contributed by atoms with Gasteiger partial charge in [-0.1, -0.05) is 24.3 Å². The molecule has 4 N–H and O–H groups in total. The van der Waals surface area contributed by atoms with Gasteiger partial charge in [-0.3, -0.25) is 4.79 Å². The fourth-order valence-corrected chi connectivity index (χ4v) is 2.78. The first-order chi connectivity index (χ1) is 10.5. The molecule has 1 saturated carbocycles. The van der Waals surface area contributed by atoms with E-state index in [1.54, 1.807) is 12.2 Å². The summed E-state index contributed by atoms with van der Waals surface area (Å²) in [4.78, 5) is 10.4. The number of hydrogen-bond acceptors (Lipinski definition) is 4. The van der Waals surface area contributed by atoms with Crippen LogP contribution in [0.4, 0.5) is 0 Å². The topological polar surface area (TPSA) is 98.0 Å². The molecular weight excluding hydrogens is 283 g/mol. The molecule has 22 heavy (non-hydrogen) atoms. The number of rotatable bonds is 9. The highest BCUT2D eigenvalue weighted by atomic mass is 16.4. The van der Waals surface area contributed by atoms with Crippen LogP contribution in [0.5, 0.6) is 0 Å². The van der Waals surface area contributed by atoms with Gasteiger partial charge in [0, 0.05) is 25.4 Å². The molecule has 0 heterocycles. The fraction of sp³-hybridized carbons (Fsp3) is 0.688. The number of aliphatic carboxylic acids is 1. The zero-order chi connectivity index (χ0) is 16.5. The summed E-state index contributed by atoms with van der Waals surface area (Å²) >= 11 is 0. The van der Waals surface area contributed by atoms with Gasteiger partial charge in [0.05, 0.1) is 20.1 Å². The molecule has 122 valence electrons. The zero-order valence-electron chi connectivity index (χ0n) is 12.7. The van der Waals surface area contributed by atoms with Crippen molar-refractivity contribution in [2.45, 2.75) is 50.1 Å². The summed E-state index contributed by atoms with van der Waals surface area (Å²) < 4.78 is 0. The van der Waals surface area contributed by atoms with Crippen molar-refractivity contribution >= 4 is 13.8 Å². The third kappa shape index (κ3) is 6.34. The molecule has 1 aliphatic carbocycles. The number of unbranched alkanes of at least 4 members (excludes halogenated alkanes) is 1. The monoisotopic (exact) mass is 308 g/mol. The quantitative estimate of drug-likeness (QED) is 0.290. The van der Waals surface area contributed by atoms with Gasteiger partial charge in [0.2, 0.25) is 0 Å². The molecule has 2 radical (unpaired) electrons. The molecule has 0 aromatic carbocycles. The van der Waals surface area contributed by atoms with Crippen LogP contribution in [0.2, 0.25) is 5.82 Å². The molecule has 0 amide bonds. The molecule has 0 spiro atoms. The van der Waals surface area contributed by atoms with Crippen LogP contribution >= 0.6 is 0 Å². The Balaban J connectivity index is 2.48. The van der Waals surface area contributed by atoms with E-state index in [2.05, 4.69) is 0 Å². The largest absolute Gasteiger partial charge is 0.481 e. The van der Waals surface area contributed by atoms with E-state index >= 15 is 0 Å². The number of carboxylic acids is 1. The van der Waals surface area contributed by atoms with Gasteiger partial charge in [-0.25, -0.2) is 0 Å². The molecule has 1 rings (SSSR count). The highest BCUT2D eigenvalue weighted by Crippen LogP contribution is 2.36. The lowest BCUT2D eigenvalue weighted by Gasteiger charge is -2.19. The first kappa shape index (κ1) is 18.9. The van der Waals surface area contributed by atoms with E-state index in [4.69, 9.17) is 18.1 Å². The second-order valence-electron chi connectivity index (χ2n) is 5.84. The first-order valence-electron chi connectivity index (χ1n) is 7.73. The molecule has 5 nitrogen and oxygen atoms in total. The number of carboxylic acid groups (broad SMARTS) is 1. The minimum atomic E-state index is -0.798. The standard InChI is InChI=1S/C16H25BO5/c17-11(10-18)7-8-13-12(14(19)9-15(13)20)5-3-1-2-4-6-16(21)22/h1,3,7-8,11-15,18-20H,2,4-6,9-10H2,(H,21,22)/b3-1-,8-7+/t11?,12-,13-,14+,15-/m1/s1. The summed E-state index contributed by atoms with van der Waals surface area (Å²) in [7, 11) is 5.61. The molecule has 0 saturated heterocycles. The predicted octanol–water partition coefficient (Wildman–Crippen LogP) is 1.05.